The molecular formula is C32H26FeO2+2. The molecule has 2 aromatic carbocycles. The predicted octanol–water partition coefficient (Wildman–Crippen LogP) is 6.46. The van der Waals surface area contributed by atoms with Crippen LogP contribution in [0.5, 0.6) is 0 Å². The Labute approximate surface area is 221 Å². The van der Waals surface area contributed by atoms with Crippen molar-refractivity contribution >= 4 is 23.7 Å². The van der Waals surface area contributed by atoms with E-state index in [1.165, 1.54) is 0 Å². The summed E-state index contributed by atoms with van der Waals surface area (Å²) in [7, 11) is 0. The fraction of sp³-hybridized carbons (Fsp3) is 0. The van der Waals surface area contributed by atoms with Crippen molar-refractivity contribution in [3.05, 3.63) is 171 Å². The Balaban J connectivity index is 0.000000240. The first-order valence-electron chi connectivity index (χ1n) is 11.0. The molecule has 0 saturated heterocycles. The average molecular weight is 498 g/mol. The van der Waals surface area contributed by atoms with Gasteiger partial charge in [-0.05, 0) is 74.6 Å². The van der Waals surface area contributed by atoms with Crippen molar-refractivity contribution in [3.63, 3.8) is 0 Å². The van der Waals surface area contributed by atoms with E-state index in [2.05, 4.69) is 0 Å². The molecule has 172 valence electrons. The van der Waals surface area contributed by atoms with Gasteiger partial charge in [-0.1, -0.05) is 97.1 Å². The van der Waals surface area contributed by atoms with Gasteiger partial charge >= 0.3 is 17.1 Å². The van der Waals surface area contributed by atoms with Gasteiger partial charge in [0.05, 0.1) is 11.8 Å². The normalized spacial score (nSPS) is 16.7. The zero-order valence-electron chi connectivity index (χ0n) is 19.2. The van der Waals surface area contributed by atoms with Crippen LogP contribution in [0.3, 0.4) is 0 Å². The number of hydrogen-bond donors (Lipinski definition) is 0. The molecule has 2 aliphatic rings. The van der Waals surface area contributed by atoms with E-state index in [0.29, 0.717) is 0 Å². The molecule has 4 rings (SSSR count). The molecule has 0 bridgehead atoms. The minimum Gasteiger partial charge on any atom is -0.294 e. The topological polar surface area (TPSA) is 34.1 Å². The van der Waals surface area contributed by atoms with Gasteiger partial charge in [-0.3, -0.25) is 9.59 Å². The molecule has 2 aromatic rings. The zero-order chi connectivity index (χ0) is 23.8. The van der Waals surface area contributed by atoms with Gasteiger partial charge in [-0.15, -0.1) is 0 Å². The smallest absolute Gasteiger partial charge is 0.294 e. The van der Waals surface area contributed by atoms with Crippen molar-refractivity contribution in [2.24, 2.45) is 0 Å². The molecule has 3 heteroatoms. The summed E-state index contributed by atoms with van der Waals surface area (Å²) < 4.78 is 0. The minimum atomic E-state index is 0. The average Bonchev–Trinajstić information content (AvgIpc) is 3.61. The van der Waals surface area contributed by atoms with Crippen LogP contribution in [0.4, 0.5) is 0 Å². The molecule has 0 unspecified atom stereocenters. The second-order valence-electron chi connectivity index (χ2n) is 7.33. The third-order valence-corrected chi connectivity index (χ3v) is 4.79. The van der Waals surface area contributed by atoms with Gasteiger partial charge in [-0.25, -0.2) is 0 Å². The van der Waals surface area contributed by atoms with Crippen molar-refractivity contribution in [3.8, 4) is 0 Å². The Morgan fingerprint density at radius 1 is 0.486 bits per heavy atom. The Kier molecular flexibility index (Phi) is 13.7. The fourth-order valence-corrected chi connectivity index (χ4v) is 3.02. The summed E-state index contributed by atoms with van der Waals surface area (Å²) >= 11 is 0. The maximum atomic E-state index is 11.6. The van der Waals surface area contributed by atoms with E-state index < -0.39 is 0 Å². The molecule has 0 aromatic heterocycles. The van der Waals surface area contributed by atoms with Gasteiger partial charge in [0.1, 0.15) is 0 Å². The number of benzene rings is 2. The first-order chi connectivity index (χ1) is 16.7. The molecule has 10 radical (unpaired) electrons. The fourth-order valence-electron chi connectivity index (χ4n) is 3.02. The second-order valence-corrected chi connectivity index (χ2v) is 7.33. The van der Waals surface area contributed by atoms with Crippen molar-refractivity contribution in [2.45, 2.75) is 0 Å². The van der Waals surface area contributed by atoms with Crippen molar-refractivity contribution in [1.82, 2.24) is 0 Å². The monoisotopic (exact) mass is 498 g/mol. The number of allylic oxidation sites excluding steroid dienone is 6. The third kappa shape index (κ3) is 11.0. The number of carbonyl (C=O) groups is 2. The Morgan fingerprint density at radius 2 is 0.829 bits per heavy atom. The van der Waals surface area contributed by atoms with Gasteiger partial charge in [0.25, 0.3) is 0 Å². The first kappa shape index (κ1) is 28.5. The summed E-state index contributed by atoms with van der Waals surface area (Å²) in [5.74, 6) is 1.53. The Hall–Kier alpha value is -2.74. The molecule has 2 fully saturated rings. The van der Waals surface area contributed by atoms with Crippen LogP contribution < -0.4 is 0 Å². The van der Waals surface area contributed by atoms with Crippen molar-refractivity contribution < 1.29 is 26.7 Å². The van der Waals surface area contributed by atoms with E-state index in [-0.39, 0.29) is 28.6 Å². The van der Waals surface area contributed by atoms with Crippen LogP contribution in [0.15, 0.2) is 97.1 Å². The number of ketones is 2. The van der Waals surface area contributed by atoms with Crippen LogP contribution in [0, 0.1) is 63.2 Å². The quantitative estimate of drug-likeness (QED) is 0.238. The van der Waals surface area contributed by atoms with E-state index >= 15 is 0 Å². The van der Waals surface area contributed by atoms with Gasteiger partial charge < -0.3 is 0 Å². The second kappa shape index (κ2) is 16.8. The Bertz CT molecular complexity index is 907. The molecule has 0 heterocycles. The molecule has 2 aliphatic carbocycles. The summed E-state index contributed by atoms with van der Waals surface area (Å²) in [6, 6.07) is 20.0. The standard InChI is InChI=1S/2C16H13O.Fe/c2*17-16(15-11-5-6-12-15)13-7-4-10-14-8-2-1-3-9-14;/h2*1-13H;/q;;+2/b2*10-4+,13-7+;. The predicted molar refractivity (Wildman–Crippen MR) is 140 cm³/mol. The summed E-state index contributed by atoms with van der Waals surface area (Å²) in [4.78, 5) is 23.2. The van der Waals surface area contributed by atoms with Crippen LogP contribution in [-0.2, 0) is 26.7 Å². The molecule has 0 aliphatic heterocycles. The van der Waals surface area contributed by atoms with Crippen LogP contribution >= 0.6 is 0 Å². The van der Waals surface area contributed by atoms with E-state index in [1.807, 2.05) is 136 Å². The van der Waals surface area contributed by atoms with Crippen LogP contribution in [0.2, 0.25) is 0 Å². The van der Waals surface area contributed by atoms with Gasteiger partial charge in [0.15, 0.2) is 11.6 Å². The van der Waals surface area contributed by atoms with Gasteiger partial charge in [0, 0.05) is 0 Å². The zero-order valence-corrected chi connectivity index (χ0v) is 20.3. The van der Waals surface area contributed by atoms with E-state index in [4.69, 9.17) is 0 Å². The largest absolute Gasteiger partial charge is 2.00 e. The third-order valence-electron chi connectivity index (χ3n) is 4.79. The summed E-state index contributed by atoms with van der Waals surface area (Å²) in [5.41, 5.74) is 2.25. The van der Waals surface area contributed by atoms with Crippen LogP contribution in [-0.4, -0.2) is 11.6 Å². The van der Waals surface area contributed by atoms with Crippen molar-refractivity contribution in [2.75, 3.05) is 0 Å². The van der Waals surface area contributed by atoms with Gasteiger partial charge in [0.2, 0.25) is 0 Å². The molecule has 0 N–H and O–H groups in total. The van der Waals surface area contributed by atoms with Crippen molar-refractivity contribution in [1.29, 1.82) is 0 Å². The molecule has 0 amide bonds. The molecule has 2 saturated carbocycles. The molecule has 0 spiro atoms. The summed E-state index contributed by atoms with van der Waals surface area (Å²) in [6.45, 7) is 0. The number of carbonyl (C=O) groups excluding carboxylic acids is 2. The SMILES string of the molecule is O=C(/C=C/C=C/c1ccccc1)[C]1[CH][CH][CH][CH]1.O=C(/C=C/C=C/c1ccccc1)[C]1[CH][CH][CH][CH]1.[Fe+2]. The van der Waals surface area contributed by atoms with Crippen LogP contribution in [0.1, 0.15) is 11.1 Å². The Morgan fingerprint density at radius 3 is 1.17 bits per heavy atom. The maximum absolute atomic E-state index is 11.6. The summed E-state index contributed by atoms with van der Waals surface area (Å²) in [5, 5.41) is 0. The first-order valence-corrected chi connectivity index (χ1v) is 11.0. The molecule has 2 nitrogen and oxygen atoms in total. The van der Waals surface area contributed by atoms with E-state index in [0.717, 1.165) is 23.0 Å². The molecular weight excluding hydrogens is 472 g/mol. The van der Waals surface area contributed by atoms with E-state index in [1.54, 1.807) is 24.3 Å². The number of rotatable bonds is 8. The molecule has 35 heavy (non-hydrogen) atoms. The number of hydrogen-bond acceptors (Lipinski definition) is 2. The van der Waals surface area contributed by atoms with E-state index in [9.17, 15) is 9.59 Å². The van der Waals surface area contributed by atoms with Crippen LogP contribution in [0.25, 0.3) is 12.2 Å². The summed E-state index contributed by atoms with van der Waals surface area (Å²) in [6.07, 6.45) is 29.1. The van der Waals surface area contributed by atoms with Gasteiger partial charge in [-0.2, -0.15) is 0 Å². The maximum Gasteiger partial charge on any atom is 2.00 e. The molecule has 0 atom stereocenters. The minimum absolute atomic E-state index is 0.